The Bertz CT molecular complexity index is 937. The number of nitrogens with zero attached hydrogens (tertiary/aromatic N) is 1. The predicted molar refractivity (Wildman–Crippen MR) is 107 cm³/mol. The third-order valence-corrected chi connectivity index (χ3v) is 6.86. The van der Waals surface area contributed by atoms with Crippen LogP contribution in [-0.4, -0.2) is 68.5 Å². The number of sulfonamides is 1. The van der Waals surface area contributed by atoms with Crippen LogP contribution in [0.3, 0.4) is 0 Å². The van der Waals surface area contributed by atoms with Crippen LogP contribution in [-0.2, 0) is 16.6 Å². The van der Waals surface area contributed by atoms with Crippen molar-refractivity contribution in [3.05, 3.63) is 54.1 Å². The van der Waals surface area contributed by atoms with Gasteiger partial charge in [0.2, 0.25) is 10.0 Å². The van der Waals surface area contributed by atoms with Crippen molar-refractivity contribution in [2.24, 2.45) is 0 Å². The summed E-state index contributed by atoms with van der Waals surface area (Å²) < 4.78 is 37.1. The van der Waals surface area contributed by atoms with Crippen molar-refractivity contribution >= 4 is 10.0 Å². The summed E-state index contributed by atoms with van der Waals surface area (Å²) >= 11 is 0. The molecular weight excluding hydrogens is 396 g/mol. The molecule has 158 valence electrons. The molecule has 3 N–H and O–H groups in total. The van der Waals surface area contributed by atoms with Gasteiger partial charge in [-0.1, -0.05) is 24.3 Å². The lowest BCUT2D eigenvalue weighted by atomic mass is 10.0. The van der Waals surface area contributed by atoms with Crippen LogP contribution in [0.25, 0.3) is 0 Å². The molecule has 0 spiro atoms. The van der Waals surface area contributed by atoms with E-state index in [1.807, 2.05) is 12.1 Å². The Kier molecular flexibility index (Phi) is 6.45. The Hall–Kier alpha value is -2.17. The summed E-state index contributed by atoms with van der Waals surface area (Å²) in [6, 6.07) is 13.4. The number of hydrogen-bond donors (Lipinski definition) is 3. The van der Waals surface area contributed by atoms with E-state index in [1.165, 1.54) is 12.1 Å². The summed E-state index contributed by atoms with van der Waals surface area (Å²) in [5.74, 6) is 1.20. The second kappa shape index (κ2) is 8.68. The second-order valence-corrected chi connectivity index (χ2v) is 8.96. The van der Waals surface area contributed by atoms with Crippen molar-refractivity contribution in [3.8, 4) is 11.5 Å². The smallest absolute Gasteiger partial charge is 0.243 e. The largest absolute Gasteiger partial charge is 0.493 e. The molecule has 1 fully saturated rings. The third-order valence-electron chi connectivity index (χ3n) is 5.04. The van der Waals surface area contributed by atoms with Crippen molar-refractivity contribution in [1.82, 2.24) is 9.62 Å². The fraction of sp³-hybridized carbons (Fsp3) is 0.400. The van der Waals surface area contributed by atoms with Crippen LogP contribution in [0.4, 0.5) is 0 Å². The van der Waals surface area contributed by atoms with Crippen LogP contribution in [0, 0.1) is 0 Å². The number of nitrogens with one attached hydrogen (secondary N) is 1. The zero-order valence-corrected chi connectivity index (χ0v) is 17.2. The van der Waals surface area contributed by atoms with Crippen LogP contribution in [0.15, 0.2) is 53.4 Å². The first kappa shape index (κ1) is 21.5. The first-order valence-electron chi connectivity index (χ1n) is 9.17. The van der Waals surface area contributed by atoms with Gasteiger partial charge in [-0.2, -0.15) is 4.31 Å². The highest BCUT2D eigenvalue weighted by Crippen LogP contribution is 2.29. The fourth-order valence-corrected chi connectivity index (χ4v) is 4.88. The molecule has 2 aromatic rings. The quantitative estimate of drug-likeness (QED) is 0.571. The van der Waals surface area contributed by atoms with Gasteiger partial charge in [-0.25, -0.2) is 8.42 Å². The van der Waals surface area contributed by atoms with Gasteiger partial charge < -0.3 is 25.0 Å². The molecule has 3 rings (SSSR count). The Morgan fingerprint density at radius 3 is 2.48 bits per heavy atom. The van der Waals surface area contributed by atoms with E-state index in [2.05, 4.69) is 5.32 Å². The van der Waals surface area contributed by atoms with E-state index in [0.717, 1.165) is 9.87 Å². The Balaban J connectivity index is 1.64. The minimum Gasteiger partial charge on any atom is -0.493 e. The number of aliphatic hydroxyl groups is 2. The maximum Gasteiger partial charge on any atom is 0.243 e. The van der Waals surface area contributed by atoms with Gasteiger partial charge in [-0.05, 0) is 29.8 Å². The highest BCUT2D eigenvalue weighted by atomic mass is 32.2. The van der Waals surface area contributed by atoms with Crippen molar-refractivity contribution in [1.29, 1.82) is 0 Å². The summed E-state index contributed by atoms with van der Waals surface area (Å²) in [5, 5.41) is 24.3. The molecule has 1 aliphatic rings. The molecule has 0 unspecified atom stereocenters. The number of ether oxygens (including phenoxy) is 2. The highest BCUT2D eigenvalue weighted by molar-refractivity contribution is 7.89. The molecule has 0 bridgehead atoms. The molecule has 2 atom stereocenters. The minimum absolute atomic E-state index is 0.0311. The summed E-state index contributed by atoms with van der Waals surface area (Å²) in [4.78, 5) is 0.134. The molecule has 29 heavy (non-hydrogen) atoms. The number of aliphatic hydroxyl groups excluding tert-OH is 1. The zero-order chi connectivity index (χ0) is 21.1. The average molecular weight is 423 g/mol. The summed E-state index contributed by atoms with van der Waals surface area (Å²) in [7, 11) is -0.674. The maximum atomic E-state index is 12.8. The number of β-amino-alcohol motifs (C(OH)–C–C–N with tert-alkyl or cyclic N) is 2. The molecule has 1 aliphatic heterocycles. The molecule has 0 saturated carbocycles. The van der Waals surface area contributed by atoms with E-state index in [1.54, 1.807) is 38.5 Å². The van der Waals surface area contributed by atoms with Crippen LogP contribution in [0.2, 0.25) is 0 Å². The fourth-order valence-electron chi connectivity index (χ4n) is 3.35. The molecule has 9 heteroatoms. The topological polar surface area (TPSA) is 108 Å². The third kappa shape index (κ3) is 4.54. The van der Waals surface area contributed by atoms with Crippen molar-refractivity contribution in [2.75, 3.05) is 33.9 Å². The minimum atomic E-state index is -3.78. The van der Waals surface area contributed by atoms with Gasteiger partial charge in [0.15, 0.2) is 11.5 Å². The van der Waals surface area contributed by atoms with Gasteiger partial charge in [0.05, 0.1) is 25.2 Å². The van der Waals surface area contributed by atoms with Crippen LogP contribution in [0.1, 0.15) is 5.56 Å². The summed E-state index contributed by atoms with van der Waals surface area (Å²) in [6.45, 7) is 0.0836. The van der Waals surface area contributed by atoms with Crippen molar-refractivity contribution < 1.29 is 28.1 Å². The standard InChI is InChI=1S/C20H26N2O6S/c1-27-17-9-8-15(10-18(17)28-2)11-21-13-20(24)14-22(12-19(20)23)29(25,26)16-6-4-3-5-7-16/h3-10,19,21,23-24H,11-14H2,1-2H3/t19-,20+/m1/s1. The zero-order valence-electron chi connectivity index (χ0n) is 16.4. The van der Waals surface area contributed by atoms with E-state index in [0.29, 0.717) is 18.0 Å². The van der Waals surface area contributed by atoms with Gasteiger partial charge in [0, 0.05) is 26.2 Å². The predicted octanol–water partition coefficient (Wildman–Crippen LogP) is 0.590. The molecule has 8 nitrogen and oxygen atoms in total. The van der Waals surface area contributed by atoms with E-state index in [-0.39, 0.29) is 24.5 Å². The van der Waals surface area contributed by atoms with Crippen molar-refractivity contribution in [2.45, 2.75) is 23.1 Å². The summed E-state index contributed by atoms with van der Waals surface area (Å²) in [6.07, 6.45) is -1.20. The maximum absolute atomic E-state index is 12.8. The number of rotatable bonds is 8. The second-order valence-electron chi connectivity index (χ2n) is 7.02. The van der Waals surface area contributed by atoms with Crippen LogP contribution in [0.5, 0.6) is 11.5 Å². The molecule has 0 aliphatic carbocycles. The van der Waals surface area contributed by atoms with Gasteiger partial charge in [0.1, 0.15) is 5.60 Å². The lowest BCUT2D eigenvalue weighted by Gasteiger charge is -2.26. The molecule has 0 amide bonds. The monoisotopic (exact) mass is 422 g/mol. The SMILES string of the molecule is COc1ccc(CNC[C@]2(O)CN(S(=O)(=O)c3ccccc3)C[C@H]2O)cc1OC. The Morgan fingerprint density at radius 1 is 1.14 bits per heavy atom. The average Bonchev–Trinajstić information content (AvgIpc) is 3.04. The van der Waals surface area contributed by atoms with Crippen LogP contribution >= 0.6 is 0 Å². The first-order chi connectivity index (χ1) is 13.8. The molecule has 1 saturated heterocycles. The first-order valence-corrected chi connectivity index (χ1v) is 10.6. The lowest BCUT2D eigenvalue weighted by molar-refractivity contribution is -0.0384. The van der Waals surface area contributed by atoms with E-state index in [4.69, 9.17) is 9.47 Å². The molecular formula is C20H26N2O6S. The van der Waals surface area contributed by atoms with E-state index < -0.39 is 21.7 Å². The number of methoxy groups -OCH3 is 2. The Labute approximate surface area is 170 Å². The molecule has 0 aromatic heterocycles. The van der Waals surface area contributed by atoms with Crippen LogP contribution < -0.4 is 14.8 Å². The van der Waals surface area contributed by atoms with Gasteiger partial charge in [0.25, 0.3) is 0 Å². The van der Waals surface area contributed by atoms with Crippen molar-refractivity contribution in [3.63, 3.8) is 0 Å². The molecule has 2 aromatic carbocycles. The van der Waals surface area contributed by atoms with Gasteiger partial charge in [-0.3, -0.25) is 0 Å². The lowest BCUT2D eigenvalue weighted by Crippen LogP contribution is -2.50. The Morgan fingerprint density at radius 2 is 1.83 bits per heavy atom. The molecule has 0 radical (unpaired) electrons. The summed E-state index contributed by atoms with van der Waals surface area (Å²) in [5.41, 5.74) is -0.689. The highest BCUT2D eigenvalue weighted by Gasteiger charge is 2.48. The van der Waals surface area contributed by atoms with Gasteiger partial charge in [-0.15, -0.1) is 0 Å². The number of hydrogen-bond acceptors (Lipinski definition) is 7. The molecule has 1 heterocycles. The normalized spacial score (nSPS) is 22.6. The van der Waals surface area contributed by atoms with Gasteiger partial charge >= 0.3 is 0 Å². The number of benzene rings is 2. The van der Waals surface area contributed by atoms with E-state index in [9.17, 15) is 18.6 Å². The van der Waals surface area contributed by atoms with E-state index >= 15 is 0 Å².